The predicted molar refractivity (Wildman–Crippen MR) is 132 cm³/mol. The number of pyridine rings is 1. The van der Waals surface area contributed by atoms with Crippen molar-refractivity contribution >= 4 is 16.9 Å². The number of aryl methyl sites for hydroxylation is 1. The molecule has 8 heteroatoms. The number of hydrogen-bond acceptors (Lipinski definition) is 8. The van der Waals surface area contributed by atoms with Crippen LogP contribution in [0.5, 0.6) is 5.75 Å². The van der Waals surface area contributed by atoms with E-state index in [1.807, 2.05) is 55.5 Å². The Balaban J connectivity index is 1.57. The van der Waals surface area contributed by atoms with Gasteiger partial charge in [-0.05, 0) is 55.3 Å². The summed E-state index contributed by atoms with van der Waals surface area (Å²) < 4.78 is 22.2. The molecule has 0 spiro atoms. The van der Waals surface area contributed by atoms with Gasteiger partial charge in [0.1, 0.15) is 18.5 Å². The molecule has 0 aliphatic rings. The SMILES string of the molecule is COCC(C)OC(=O)Cc1ccccc1OCc1cc(-c2ccnc(CN)c2)c2onc(C)c2c1. The van der Waals surface area contributed by atoms with Gasteiger partial charge >= 0.3 is 5.97 Å². The van der Waals surface area contributed by atoms with Crippen molar-refractivity contribution in [2.24, 2.45) is 5.73 Å². The van der Waals surface area contributed by atoms with E-state index in [4.69, 9.17) is 24.5 Å². The first-order chi connectivity index (χ1) is 17.0. The molecular weight excluding hydrogens is 446 g/mol. The molecule has 4 aromatic rings. The molecule has 182 valence electrons. The highest BCUT2D eigenvalue weighted by atomic mass is 16.6. The van der Waals surface area contributed by atoms with E-state index in [-0.39, 0.29) is 18.5 Å². The number of benzene rings is 2. The van der Waals surface area contributed by atoms with Gasteiger partial charge in [0.25, 0.3) is 0 Å². The second-order valence-corrected chi connectivity index (χ2v) is 8.36. The van der Waals surface area contributed by atoms with Crippen LogP contribution in [-0.2, 0) is 33.8 Å². The minimum absolute atomic E-state index is 0.109. The monoisotopic (exact) mass is 475 g/mol. The second-order valence-electron chi connectivity index (χ2n) is 8.36. The summed E-state index contributed by atoms with van der Waals surface area (Å²) in [5.74, 6) is 0.296. The molecule has 0 amide bonds. The maximum absolute atomic E-state index is 12.4. The number of nitrogens with zero attached hydrogens (tertiary/aromatic N) is 2. The molecule has 8 nitrogen and oxygen atoms in total. The maximum atomic E-state index is 12.4. The quantitative estimate of drug-likeness (QED) is 0.337. The van der Waals surface area contributed by atoms with Gasteiger partial charge in [-0.2, -0.15) is 0 Å². The number of fused-ring (bicyclic) bond motifs is 1. The molecule has 2 aromatic heterocycles. The number of rotatable bonds is 10. The maximum Gasteiger partial charge on any atom is 0.310 e. The average Bonchev–Trinajstić information content (AvgIpc) is 3.23. The number of nitrogens with two attached hydrogens (primary N) is 1. The second kappa shape index (κ2) is 11.1. The third-order valence-electron chi connectivity index (χ3n) is 5.58. The number of aromatic nitrogens is 2. The number of methoxy groups -OCH3 is 1. The van der Waals surface area contributed by atoms with Crippen LogP contribution in [0.3, 0.4) is 0 Å². The molecule has 0 saturated carbocycles. The van der Waals surface area contributed by atoms with E-state index in [2.05, 4.69) is 10.1 Å². The highest BCUT2D eigenvalue weighted by molar-refractivity contribution is 5.94. The summed E-state index contributed by atoms with van der Waals surface area (Å²) in [5, 5.41) is 5.06. The Hall–Kier alpha value is -3.75. The predicted octanol–water partition coefficient (Wildman–Crippen LogP) is 4.36. The van der Waals surface area contributed by atoms with Gasteiger partial charge in [0.15, 0.2) is 5.58 Å². The van der Waals surface area contributed by atoms with Crippen LogP contribution in [0, 0.1) is 6.92 Å². The summed E-state index contributed by atoms with van der Waals surface area (Å²) in [7, 11) is 1.57. The van der Waals surface area contributed by atoms with Gasteiger partial charge < -0.3 is 24.5 Å². The van der Waals surface area contributed by atoms with Gasteiger partial charge in [-0.25, -0.2) is 0 Å². The van der Waals surface area contributed by atoms with E-state index in [9.17, 15) is 4.79 Å². The van der Waals surface area contributed by atoms with E-state index in [1.165, 1.54) is 0 Å². The van der Waals surface area contributed by atoms with E-state index in [0.29, 0.717) is 31.1 Å². The number of carbonyl (C=O) groups excluding carboxylic acids is 1. The smallest absolute Gasteiger partial charge is 0.310 e. The summed E-state index contributed by atoms with van der Waals surface area (Å²) in [6.45, 7) is 4.70. The van der Waals surface area contributed by atoms with E-state index < -0.39 is 0 Å². The Kier molecular flexibility index (Phi) is 7.74. The van der Waals surface area contributed by atoms with E-state index in [1.54, 1.807) is 20.2 Å². The van der Waals surface area contributed by atoms with Gasteiger partial charge in [0.2, 0.25) is 0 Å². The van der Waals surface area contributed by atoms with Crippen molar-refractivity contribution < 1.29 is 23.5 Å². The first-order valence-electron chi connectivity index (χ1n) is 11.4. The number of hydrogen-bond donors (Lipinski definition) is 1. The first-order valence-corrected chi connectivity index (χ1v) is 11.4. The Morgan fingerprint density at radius 3 is 2.80 bits per heavy atom. The summed E-state index contributed by atoms with van der Waals surface area (Å²) in [6.07, 6.45) is 1.53. The molecule has 0 aliphatic carbocycles. The zero-order valence-corrected chi connectivity index (χ0v) is 20.1. The van der Waals surface area contributed by atoms with Crippen molar-refractivity contribution in [1.82, 2.24) is 10.1 Å². The fourth-order valence-electron chi connectivity index (χ4n) is 3.92. The Bertz CT molecular complexity index is 1320. The molecule has 0 radical (unpaired) electrons. The standard InChI is InChI=1S/C27H29N3O5/c1-17(15-32-3)34-26(31)13-21-6-4-5-7-25(21)33-16-19-10-23-18(2)30-35-27(23)24(11-19)20-8-9-29-22(12-20)14-28/h4-12,17H,13-16,28H2,1-3H3. The zero-order valence-electron chi connectivity index (χ0n) is 20.1. The summed E-state index contributed by atoms with van der Waals surface area (Å²) in [6, 6.07) is 15.4. The Morgan fingerprint density at radius 1 is 1.17 bits per heavy atom. The lowest BCUT2D eigenvalue weighted by Crippen LogP contribution is -2.21. The molecule has 4 rings (SSSR count). The van der Waals surface area contributed by atoms with Gasteiger partial charge in [-0.15, -0.1) is 0 Å². The van der Waals surface area contributed by atoms with Crippen LogP contribution in [0.4, 0.5) is 0 Å². The van der Waals surface area contributed by atoms with Crippen molar-refractivity contribution in [2.45, 2.75) is 39.5 Å². The van der Waals surface area contributed by atoms with Crippen LogP contribution in [-0.4, -0.2) is 35.9 Å². The summed E-state index contributed by atoms with van der Waals surface area (Å²) in [5.41, 5.74) is 11.6. The van der Waals surface area contributed by atoms with Crippen LogP contribution in [0.2, 0.25) is 0 Å². The van der Waals surface area contributed by atoms with Crippen LogP contribution in [0.15, 0.2) is 59.3 Å². The lowest BCUT2D eigenvalue weighted by atomic mass is 10.00. The van der Waals surface area contributed by atoms with Gasteiger partial charge in [0.05, 0.1) is 24.4 Å². The fraction of sp³-hybridized carbons (Fsp3) is 0.296. The number of esters is 1. The van der Waals surface area contributed by atoms with Gasteiger partial charge in [-0.1, -0.05) is 23.4 Å². The van der Waals surface area contributed by atoms with E-state index in [0.717, 1.165) is 39.0 Å². The number of ether oxygens (including phenoxy) is 3. The average molecular weight is 476 g/mol. The number of carbonyl (C=O) groups is 1. The molecule has 0 saturated heterocycles. The molecule has 1 atom stereocenters. The first kappa shape index (κ1) is 24.4. The molecule has 1 unspecified atom stereocenters. The third-order valence-corrected chi connectivity index (χ3v) is 5.58. The highest BCUT2D eigenvalue weighted by Gasteiger charge is 2.16. The van der Waals surface area contributed by atoms with Crippen LogP contribution < -0.4 is 10.5 Å². The lowest BCUT2D eigenvalue weighted by Gasteiger charge is -2.15. The highest BCUT2D eigenvalue weighted by Crippen LogP contribution is 2.33. The topological polar surface area (TPSA) is 110 Å². The number of para-hydroxylation sites is 1. The van der Waals surface area contributed by atoms with Crippen molar-refractivity contribution in [1.29, 1.82) is 0 Å². The largest absolute Gasteiger partial charge is 0.489 e. The summed E-state index contributed by atoms with van der Waals surface area (Å²) in [4.78, 5) is 16.7. The van der Waals surface area contributed by atoms with Crippen molar-refractivity contribution in [2.75, 3.05) is 13.7 Å². The van der Waals surface area contributed by atoms with E-state index >= 15 is 0 Å². The van der Waals surface area contributed by atoms with Crippen molar-refractivity contribution in [3.8, 4) is 16.9 Å². The third kappa shape index (κ3) is 5.85. The molecule has 0 bridgehead atoms. The van der Waals surface area contributed by atoms with Gasteiger partial charge in [-0.3, -0.25) is 9.78 Å². The van der Waals surface area contributed by atoms with Crippen molar-refractivity contribution in [3.63, 3.8) is 0 Å². The van der Waals surface area contributed by atoms with Gasteiger partial charge in [0, 0.05) is 36.4 Å². The minimum Gasteiger partial charge on any atom is -0.489 e. The zero-order chi connectivity index (χ0) is 24.8. The molecule has 35 heavy (non-hydrogen) atoms. The van der Waals surface area contributed by atoms with Crippen LogP contribution >= 0.6 is 0 Å². The molecule has 2 N–H and O–H groups in total. The van der Waals surface area contributed by atoms with Crippen LogP contribution in [0.25, 0.3) is 22.1 Å². The lowest BCUT2D eigenvalue weighted by molar-refractivity contribution is -0.149. The normalized spacial score (nSPS) is 12.0. The Labute approximate surface area is 204 Å². The van der Waals surface area contributed by atoms with Crippen molar-refractivity contribution in [3.05, 3.63) is 77.2 Å². The molecule has 2 aromatic carbocycles. The minimum atomic E-state index is -0.331. The molecule has 0 fully saturated rings. The molecule has 0 aliphatic heterocycles. The van der Waals surface area contributed by atoms with Crippen LogP contribution in [0.1, 0.15) is 29.4 Å². The molecule has 2 heterocycles. The fourth-order valence-corrected chi connectivity index (χ4v) is 3.92. The summed E-state index contributed by atoms with van der Waals surface area (Å²) >= 11 is 0. The Morgan fingerprint density at radius 2 is 2.00 bits per heavy atom. The molecular formula is C27H29N3O5.